The monoisotopic (exact) mass is 347 g/mol. The number of nitrogens with zero attached hydrogens (tertiary/aromatic N) is 1. The number of nitrogens with two attached hydrogens (primary N) is 2. The largest absolute Gasteiger partial charge is 0.375 e. The molecule has 1 aliphatic rings. The summed E-state index contributed by atoms with van der Waals surface area (Å²) in [5.74, 6) is -1.49. The predicted octanol–water partition coefficient (Wildman–Crippen LogP) is 1.53. The van der Waals surface area contributed by atoms with Gasteiger partial charge in [0.1, 0.15) is 17.1 Å². The van der Waals surface area contributed by atoms with Crippen molar-refractivity contribution in [2.75, 3.05) is 12.3 Å². The van der Waals surface area contributed by atoms with E-state index in [1.807, 2.05) is 0 Å². The van der Waals surface area contributed by atoms with Crippen LogP contribution in [0.4, 0.5) is 9.52 Å². The van der Waals surface area contributed by atoms with Crippen molar-refractivity contribution in [1.29, 1.82) is 0 Å². The van der Waals surface area contributed by atoms with Crippen molar-refractivity contribution >= 4 is 28.2 Å². The number of anilines is 1. The molecule has 6 nitrogen and oxygen atoms in total. The number of Topliss-reactive ketones (excluding diaryl/α,β-unsaturated/α-hetero) is 1. The highest BCUT2D eigenvalue weighted by atomic mass is 32.1. The second kappa shape index (κ2) is 6.29. The van der Waals surface area contributed by atoms with Crippen LogP contribution in [0.2, 0.25) is 0 Å². The Morgan fingerprint density at radius 1 is 1.42 bits per heavy atom. The summed E-state index contributed by atoms with van der Waals surface area (Å²) in [5, 5.41) is 3.17. The van der Waals surface area contributed by atoms with E-state index >= 15 is 0 Å². The van der Waals surface area contributed by atoms with Crippen molar-refractivity contribution < 1.29 is 14.0 Å². The lowest BCUT2D eigenvalue weighted by Gasteiger charge is -2.24. The molecular formula is C16H16FN4O2S. The van der Waals surface area contributed by atoms with E-state index in [4.69, 9.17) is 11.5 Å². The molecule has 1 aliphatic heterocycles. The molecule has 0 spiro atoms. The van der Waals surface area contributed by atoms with Crippen LogP contribution in [0.15, 0.2) is 24.3 Å². The first-order valence-electron chi connectivity index (χ1n) is 7.39. The summed E-state index contributed by atoms with van der Waals surface area (Å²) in [6.45, 7) is 0.600. The Morgan fingerprint density at radius 3 is 2.83 bits per heavy atom. The molecule has 0 aliphatic carbocycles. The molecule has 3 rings (SSSR count). The molecule has 24 heavy (non-hydrogen) atoms. The van der Waals surface area contributed by atoms with Crippen molar-refractivity contribution in [3.8, 4) is 10.4 Å². The van der Waals surface area contributed by atoms with Crippen LogP contribution >= 0.6 is 11.3 Å². The quantitative estimate of drug-likeness (QED) is 0.710. The highest BCUT2D eigenvalue weighted by molar-refractivity contribution is 7.19. The fourth-order valence-corrected chi connectivity index (χ4v) is 3.63. The molecule has 1 radical (unpaired) electrons. The maximum Gasteiger partial charge on any atom is 0.238 e. The van der Waals surface area contributed by atoms with Crippen LogP contribution in [0.3, 0.4) is 0 Å². The summed E-state index contributed by atoms with van der Waals surface area (Å²) < 4.78 is 13.5. The average Bonchev–Trinajstić information content (AvgIpc) is 3.15. The molecule has 1 saturated heterocycles. The first-order valence-corrected chi connectivity index (χ1v) is 8.20. The Morgan fingerprint density at radius 2 is 2.21 bits per heavy atom. The highest BCUT2D eigenvalue weighted by Gasteiger charge is 2.42. The number of ketones is 1. The number of hydrogen-bond donors (Lipinski definition) is 3. The van der Waals surface area contributed by atoms with Gasteiger partial charge in [-0.2, -0.15) is 0 Å². The minimum absolute atomic E-state index is 0.0948. The topological polar surface area (TPSA) is 111 Å². The number of carbonyl (C=O) groups excluding carboxylic acids is 2. The van der Waals surface area contributed by atoms with Gasteiger partial charge in [0.05, 0.1) is 11.3 Å². The fourth-order valence-electron chi connectivity index (χ4n) is 2.79. The molecule has 1 aromatic carbocycles. The maximum absolute atomic E-state index is 13.5. The standard InChI is InChI=1S/C16H16FN4O2S/c17-10-4-1-3-9(7-10)13-12(21-15(19)24-13)11(22)8-16(14(18)23)5-2-6-20-16/h1,3-4,7-8,20H,2,5-6H2,(H2,18,23)(H2,19,21). The molecule has 8 heteroatoms. The smallest absolute Gasteiger partial charge is 0.238 e. The molecule has 0 saturated carbocycles. The second-order valence-corrected chi connectivity index (χ2v) is 6.65. The van der Waals surface area contributed by atoms with Gasteiger partial charge in [-0.1, -0.05) is 23.5 Å². The van der Waals surface area contributed by atoms with Gasteiger partial charge >= 0.3 is 0 Å². The number of rotatable bonds is 5. The van der Waals surface area contributed by atoms with Gasteiger partial charge in [0, 0.05) is 0 Å². The molecule has 2 aromatic rings. The maximum atomic E-state index is 13.5. The van der Waals surface area contributed by atoms with Gasteiger partial charge in [-0.25, -0.2) is 9.37 Å². The number of hydrogen-bond acceptors (Lipinski definition) is 6. The summed E-state index contributed by atoms with van der Waals surface area (Å²) in [6.07, 6.45) is 2.45. The van der Waals surface area contributed by atoms with Crippen molar-refractivity contribution in [3.63, 3.8) is 0 Å². The molecule has 125 valence electrons. The van der Waals surface area contributed by atoms with Gasteiger partial charge in [-0.05, 0) is 37.1 Å². The Kier molecular flexibility index (Phi) is 4.33. The van der Waals surface area contributed by atoms with Gasteiger partial charge in [0.15, 0.2) is 10.9 Å². The number of primary amides is 1. The first-order chi connectivity index (χ1) is 11.4. The zero-order valence-electron chi connectivity index (χ0n) is 12.7. The lowest BCUT2D eigenvalue weighted by atomic mass is 9.89. The van der Waals surface area contributed by atoms with E-state index in [2.05, 4.69) is 10.3 Å². The van der Waals surface area contributed by atoms with E-state index in [0.717, 1.165) is 17.8 Å². The van der Waals surface area contributed by atoms with Gasteiger partial charge < -0.3 is 16.8 Å². The van der Waals surface area contributed by atoms with Crippen molar-refractivity contribution in [3.05, 3.63) is 42.2 Å². The van der Waals surface area contributed by atoms with Gasteiger partial charge in [-0.3, -0.25) is 9.59 Å². The Bertz CT molecular complexity index is 799. The van der Waals surface area contributed by atoms with Gasteiger partial charge in [-0.15, -0.1) is 0 Å². The molecule has 5 N–H and O–H groups in total. The van der Waals surface area contributed by atoms with E-state index in [-0.39, 0.29) is 10.8 Å². The third-order valence-electron chi connectivity index (χ3n) is 3.97. The van der Waals surface area contributed by atoms with Gasteiger partial charge in [0.25, 0.3) is 0 Å². The molecular weight excluding hydrogens is 331 g/mol. The molecule has 0 bridgehead atoms. The number of nitrogens with one attached hydrogen (secondary N) is 1. The summed E-state index contributed by atoms with van der Waals surface area (Å²) in [5.41, 5.74) is 10.6. The number of benzene rings is 1. The number of amides is 1. The third kappa shape index (κ3) is 3.02. The van der Waals surface area contributed by atoms with Crippen molar-refractivity contribution in [2.45, 2.75) is 18.4 Å². The molecule has 1 atom stereocenters. The number of thiazole rings is 1. The average molecular weight is 347 g/mol. The van der Waals surface area contributed by atoms with E-state index < -0.39 is 23.0 Å². The Labute approximate surface area is 142 Å². The van der Waals surface area contributed by atoms with Crippen LogP contribution < -0.4 is 16.8 Å². The fraction of sp³-hybridized carbons (Fsp3) is 0.250. The minimum atomic E-state index is -1.17. The Hall–Kier alpha value is -2.32. The highest BCUT2D eigenvalue weighted by Crippen LogP contribution is 2.34. The summed E-state index contributed by atoms with van der Waals surface area (Å²) in [4.78, 5) is 29.0. The van der Waals surface area contributed by atoms with Crippen LogP contribution in [0.25, 0.3) is 10.4 Å². The third-order valence-corrected chi connectivity index (χ3v) is 4.90. The van der Waals surface area contributed by atoms with Crippen LogP contribution in [-0.2, 0) is 4.79 Å². The SMILES string of the molecule is NC(=O)C1([CH]C(=O)c2nc(N)sc2-c2cccc(F)c2)CCCN1. The number of carbonyl (C=O) groups is 2. The zero-order chi connectivity index (χ0) is 17.3. The Balaban J connectivity index is 1.95. The van der Waals surface area contributed by atoms with Crippen LogP contribution in [0, 0.1) is 12.2 Å². The molecule has 1 aromatic heterocycles. The van der Waals surface area contributed by atoms with Crippen LogP contribution in [0.5, 0.6) is 0 Å². The van der Waals surface area contributed by atoms with E-state index in [0.29, 0.717) is 23.4 Å². The van der Waals surface area contributed by atoms with Crippen LogP contribution in [0.1, 0.15) is 23.3 Å². The van der Waals surface area contributed by atoms with E-state index in [1.165, 1.54) is 18.6 Å². The van der Waals surface area contributed by atoms with E-state index in [9.17, 15) is 14.0 Å². The van der Waals surface area contributed by atoms with E-state index in [1.54, 1.807) is 12.1 Å². The van der Waals surface area contributed by atoms with Gasteiger partial charge in [0.2, 0.25) is 5.91 Å². The number of aromatic nitrogens is 1. The summed E-state index contributed by atoms with van der Waals surface area (Å²) >= 11 is 1.09. The summed E-state index contributed by atoms with van der Waals surface area (Å²) in [7, 11) is 0. The predicted molar refractivity (Wildman–Crippen MR) is 89.7 cm³/mol. The van der Waals surface area contributed by atoms with Crippen molar-refractivity contribution in [1.82, 2.24) is 10.3 Å². The van der Waals surface area contributed by atoms with Crippen LogP contribution in [-0.4, -0.2) is 28.8 Å². The molecule has 1 fully saturated rings. The lowest BCUT2D eigenvalue weighted by Crippen LogP contribution is -2.53. The molecule has 2 heterocycles. The zero-order valence-corrected chi connectivity index (χ0v) is 13.5. The normalized spacial score (nSPS) is 20.2. The molecule has 1 unspecified atom stereocenters. The number of nitrogen functional groups attached to an aromatic ring is 1. The first kappa shape index (κ1) is 16.5. The molecule has 1 amide bonds. The second-order valence-electron chi connectivity index (χ2n) is 5.61. The number of halogens is 1. The lowest BCUT2D eigenvalue weighted by molar-refractivity contribution is -0.122. The van der Waals surface area contributed by atoms with Crippen molar-refractivity contribution in [2.24, 2.45) is 5.73 Å². The minimum Gasteiger partial charge on any atom is -0.375 e. The summed E-state index contributed by atoms with van der Waals surface area (Å²) in [6, 6.07) is 5.83.